The molecule has 0 atom stereocenters. The van der Waals surface area contributed by atoms with Gasteiger partial charge in [-0.2, -0.15) is 0 Å². The second-order valence-electron chi connectivity index (χ2n) is 6.16. The monoisotopic (exact) mass is 429 g/mol. The predicted octanol–water partition coefficient (Wildman–Crippen LogP) is 4.41. The van der Waals surface area contributed by atoms with Gasteiger partial charge in [0.05, 0.1) is 18.7 Å². The Bertz CT molecular complexity index is 1030. The van der Waals surface area contributed by atoms with E-state index in [1.165, 1.54) is 6.08 Å². The van der Waals surface area contributed by atoms with Crippen molar-refractivity contribution in [3.63, 3.8) is 0 Å². The van der Waals surface area contributed by atoms with Crippen LogP contribution in [0.5, 0.6) is 17.2 Å². The topological polar surface area (TPSA) is 83.4 Å². The van der Waals surface area contributed by atoms with E-state index in [1.54, 1.807) is 57.4 Å². The van der Waals surface area contributed by atoms with Gasteiger partial charge in [0.1, 0.15) is 5.75 Å². The summed E-state index contributed by atoms with van der Waals surface area (Å²) in [5, 5.41) is 0.181. The summed E-state index contributed by atoms with van der Waals surface area (Å²) in [6.07, 6.45) is 1.72. The minimum absolute atomic E-state index is 0.109. The summed E-state index contributed by atoms with van der Waals surface area (Å²) in [6, 6.07) is 10.2. The molecule has 2 aromatic rings. The van der Waals surface area contributed by atoms with E-state index < -0.39 is 11.9 Å². The van der Waals surface area contributed by atoms with E-state index >= 15 is 0 Å². The van der Waals surface area contributed by atoms with Crippen molar-refractivity contribution in [1.82, 2.24) is 0 Å². The standard InChI is InChI=1S/C22H20ClNO6/c1-4-19(25)29-20-16(23)10-13(12-18(20)28-5-2)11-17-22(26)30-21(24-17)14-6-8-15(27-3)9-7-14/h6-12H,4-5H2,1-3H3. The minimum atomic E-state index is -0.587. The van der Waals surface area contributed by atoms with Crippen LogP contribution in [0, 0.1) is 0 Å². The summed E-state index contributed by atoms with van der Waals surface area (Å²) in [4.78, 5) is 28.2. The number of benzene rings is 2. The Morgan fingerprint density at radius 2 is 1.93 bits per heavy atom. The van der Waals surface area contributed by atoms with Crippen LogP contribution in [0.25, 0.3) is 6.08 Å². The van der Waals surface area contributed by atoms with Crippen molar-refractivity contribution < 1.29 is 28.5 Å². The number of halogens is 1. The average Bonchev–Trinajstić information content (AvgIpc) is 3.10. The first-order valence-corrected chi connectivity index (χ1v) is 9.67. The number of aliphatic imine (C=N–C) groups is 1. The van der Waals surface area contributed by atoms with Gasteiger partial charge in [0.15, 0.2) is 17.2 Å². The van der Waals surface area contributed by atoms with E-state index in [0.29, 0.717) is 29.2 Å². The Balaban J connectivity index is 1.93. The van der Waals surface area contributed by atoms with Gasteiger partial charge in [-0.3, -0.25) is 4.79 Å². The molecule has 156 valence electrons. The van der Waals surface area contributed by atoms with E-state index in [-0.39, 0.29) is 28.8 Å². The molecular weight excluding hydrogens is 410 g/mol. The van der Waals surface area contributed by atoms with Crippen LogP contribution in [0.2, 0.25) is 5.02 Å². The number of carbonyl (C=O) groups excluding carboxylic acids is 2. The maximum Gasteiger partial charge on any atom is 0.363 e. The molecule has 0 saturated heterocycles. The van der Waals surface area contributed by atoms with E-state index in [1.807, 2.05) is 0 Å². The number of carbonyl (C=O) groups is 2. The maximum absolute atomic E-state index is 12.3. The number of nitrogens with zero attached hydrogens (tertiary/aromatic N) is 1. The number of cyclic esters (lactones) is 1. The molecule has 3 rings (SSSR count). The highest BCUT2D eigenvalue weighted by molar-refractivity contribution is 6.32. The number of esters is 2. The molecule has 30 heavy (non-hydrogen) atoms. The molecule has 1 heterocycles. The third-order valence-electron chi connectivity index (χ3n) is 4.10. The van der Waals surface area contributed by atoms with E-state index in [0.717, 1.165) is 0 Å². The molecule has 0 fully saturated rings. The molecule has 0 aliphatic carbocycles. The first kappa shape index (κ1) is 21.4. The molecule has 0 N–H and O–H groups in total. The fourth-order valence-electron chi connectivity index (χ4n) is 2.64. The quantitative estimate of drug-likeness (QED) is 0.368. The van der Waals surface area contributed by atoms with E-state index in [2.05, 4.69) is 4.99 Å². The van der Waals surface area contributed by atoms with Crippen LogP contribution in [0.15, 0.2) is 47.1 Å². The van der Waals surface area contributed by atoms with Crippen LogP contribution in [-0.4, -0.2) is 31.6 Å². The molecule has 1 aliphatic rings. The van der Waals surface area contributed by atoms with Gasteiger partial charge in [-0.15, -0.1) is 0 Å². The minimum Gasteiger partial charge on any atom is -0.497 e. The number of hydrogen-bond donors (Lipinski definition) is 0. The van der Waals surface area contributed by atoms with Crippen molar-refractivity contribution in [3.05, 3.63) is 58.2 Å². The van der Waals surface area contributed by atoms with Crippen LogP contribution < -0.4 is 14.2 Å². The number of rotatable bonds is 7. The third-order valence-corrected chi connectivity index (χ3v) is 4.38. The molecule has 8 heteroatoms. The molecule has 0 spiro atoms. The van der Waals surface area contributed by atoms with Crippen LogP contribution in [0.1, 0.15) is 31.4 Å². The summed E-state index contributed by atoms with van der Waals surface area (Å²) >= 11 is 6.30. The van der Waals surface area contributed by atoms with Gasteiger partial charge >= 0.3 is 11.9 Å². The van der Waals surface area contributed by atoms with Gasteiger partial charge < -0.3 is 18.9 Å². The number of methoxy groups -OCH3 is 1. The highest BCUT2D eigenvalue weighted by Gasteiger charge is 2.25. The van der Waals surface area contributed by atoms with Gasteiger partial charge in [0.2, 0.25) is 5.90 Å². The zero-order chi connectivity index (χ0) is 21.7. The largest absolute Gasteiger partial charge is 0.497 e. The van der Waals surface area contributed by atoms with Crippen LogP contribution in [0.3, 0.4) is 0 Å². The van der Waals surface area contributed by atoms with Crippen molar-refractivity contribution in [2.45, 2.75) is 20.3 Å². The normalized spacial score (nSPS) is 14.3. The molecule has 0 bridgehead atoms. The highest BCUT2D eigenvalue weighted by Crippen LogP contribution is 2.38. The molecule has 0 unspecified atom stereocenters. The van der Waals surface area contributed by atoms with Gasteiger partial charge in [-0.25, -0.2) is 9.79 Å². The summed E-state index contributed by atoms with van der Waals surface area (Å²) in [6.45, 7) is 3.82. The Labute approximate surface area is 178 Å². The van der Waals surface area contributed by atoms with Crippen LogP contribution in [0.4, 0.5) is 0 Å². The van der Waals surface area contributed by atoms with Crippen molar-refractivity contribution in [3.8, 4) is 17.2 Å². The van der Waals surface area contributed by atoms with Crippen LogP contribution in [-0.2, 0) is 14.3 Å². The van der Waals surface area contributed by atoms with Crippen molar-refractivity contribution in [1.29, 1.82) is 0 Å². The smallest absolute Gasteiger partial charge is 0.363 e. The predicted molar refractivity (Wildman–Crippen MR) is 112 cm³/mol. The second kappa shape index (κ2) is 9.45. The summed E-state index contributed by atoms with van der Waals surface area (Å²) in [7, 11) is 1.57. The van der Waals surface area contributed by atoms with Crippen molar-refractivity contribution in [2.24, 2.45) is 4.99 Å². The second-order valence-corrected chi connectivity index (χ2v) is 6.56. The SMILES string of the molecule is CCOc1cc(C=C2N=C(c3ccc(OC)cc3)OC2=O)cc(Cl)c1OC(=O)CC. The first-order chi connectivity index (χ1) is 14.4. The lowest BCUT2D eigenvalue weighted by atomic mass is 10.1. The molecule has 1 aliphatic heterocycles. The fourth-order valence-corrected chi connectivity index (χ4v) is 2.90. The Kier molecular flexibility index (Phi) is 6.74. The first-order valence-electron chi connectivity index (χ1n) is 9.29. The molecule has 0 amide bonds. The highest BCUT2D eigenvalue weighted by atomic mass is 35.5. The number of hydrogen-bond acceptors (Lipinski definition) is 7. The lowest BCUT2D eigenvalue weighted by Gasteiger charge is -2.13. The lowest BCUT2D eigenvalue weighted by molar-refractivity contribution is -0.134. The van der Waals surface area contributed by atoms with Gasteiger partial charge in [-0.1, -0.05) is 18.5 Å². The Morgan fingerprint density at radius 1 is 1.20 bits per heavy atom. The van der Waals surface area contributed by atoms with Gasteiger partial charge in [0, 0.05) is 12.0 Å². The fraction of sp³-hybridized carbons (Fsp3) is 0.227. The summed E-state index contributed by atoms with van der Waals surface area (Å²) in [5.74, 6) is 0.293. The van der Waals surface area contributed by atoms with Gasteiger partial charge in [-0.05, 0) is 55.0 Å². The van der Waals surface area contributed by atoms with E-state index in [4.69, 9.17) is 30.5 Å². The molecular formula is C22H20ClNO6. The van der Waals surface area contributed by atoms with Crippen LogP contribution >= 0.6 is 11.6 Å². The Morgan fingerprint density at radius 3 is 2.57 bits per heavy atom. The number of ether oxygens (including phenoxy) is 4. The van der Waals surface area contributed by atoms with Crippen molar-refractivity contribution in [2.75, 3.05) is 13.7 Å². The molecule has 7 nitrogen and oxygen atoms in total. The van der Waals surface area contributed by atoms with E-state index in [9.17, 15) is 9.59 Å². The van der Waals surface area contributed by atoms with Gasteiger partial charge in [0.25, 0.3) is 0 Å². The third kappa shape index (κ3) is 4.80. The molecule has 0 saturated carbocycles. The lowest BCUT2D eigenvalue weighted by Crippen LogP contribution is -2.08. The molecule has 0 radical (unpaired) electrons. The van der Waals surface area contributed by atoms with Crippen molar-refractivity contribution >= 4 is 35.5 Å². The zero-order valence-electron chi connectivity index (χ0n) is 16.7. The maximum atomic E-state index is 12.3. The zero-order valence-corrected chi connectivity index (χ0v) is 17.5. The summed E-state index contributed by atoms with van der Waals surface area (Å²) < 4.78 is 21.2. The Hall–Kier alpha value is -3.32. The average molecular weight is 430 g/mol. The summed E-state index contributed by atoms with van der Waals surface area (Å²) in [5.41, 5.74) is 1.30. The molecule has 0 aromatic heterocycles. The molecule has 2 aromatic carbocycles.